The summed E-state index contributed by atoms with van der Waals surface area (Å²) in [6, 6.07) is 6.82. The fourth-order valence-electron chi connectivity index (χ4n) is 3.39. The highest BCUT2D eigenvalue weighted by Crippen LogP contribution is 2.28. The number of carbonyl (C=O) groups is 1. The molecule has 130 valence electrons. The van der Waals surface area contributed by atoms with E-state index in [1.807, 2.05) is 0 Å². The van der Waals surface area contributed by atoms with Crippen molar-refractivity contribution in [2.24, 2.45) is 0 Å². The number of H-pyrrole nitrogens is 1. The molecule has 2 N–H and O–H groups in total. The van der Waals surface area contributed by atoms with Gasteiger partial charge in [0, 0.05) is 12.1 Å². The molecule has 1 amide bonds. The van der Waals surface area contributed by atoms with Crippen LogP contribution in [0.1, 0.15) is 49.4 Å². The molecule has 1 aliphatic carbocycles. The lowest BCUT2D eigenvalue weighted by molar-refractivity contribution is 0.0903. The molecule has 0 bridgehead atoms. The number of rotatable bonds is 3. The molecule has 1 saturated carbocycles. The third-order valence-corrected chi connectivity index (χ3v) is 4.83. The second-order valence-corrected chi connectivity index (χ2v) is 6.45. The van der Waals surface area contributed by atoms with Crippen molar-refractivity contribution >= 4 is 16.8 Å². The number of hydrogen-bond donors (Lipinski definition) is 2. The molecule has 0 atom stereocenters. The second-order valence-electron chi connectivity index (χ2n) is 6.45. The summed E-state index contributed by atoms with van der Waals surface area (Å²) in [5.74, 6) is -0.370. The molecule has 7 nitrogen and oxygen atoms in total. The molecule has 1 aromatic carbocycles. The lowest BCUT2D eigenvalue weighted by Crippen LogP contribution is -2.48. The fourth-order valence-corrected chi connectivity index (χ4v) is 3.39. The van der Waals surface area contributed by atoms with Gasteiger partial charge in [-0.2, -0.15) is 5.26 Å². The summed E-state index contributed by atoms with van der Waals surface area (Å²) in [6.07, 6.45) is 4.17. The van der Waals surface area contributed by atoms with Crippen LogP contribution in [0.25, 0.3) is 10.9 Å². The zero-order valence-corrected chi connectivity index (χ0v) is 14.1. The largest absolute Gasteiger partial charge is 0.334 e. The number of nitrogens with one attached hydrogen (secondary N) is 2. The molecular weight excluding hydrogens is 320 g/mol. The Morgan fingerprint density at radius 3 is 2.68 bits per heavy atom. The zero-order valence-electron chi connectivity index (χ0n) is 14.1. The van der Waals surface area contributed by atoms with Crippen molar-refractivity contribution in [3.8, 4) is 6.07 Å². The Morgan fingerprint density at radius 1 is 1.32 bits per heavy atom. The number of hydrogen-bond acceptors (Lipinski definition) is 4. The van der Waals surface area contributed by atoms with E-state index in [9.17, 15) is 19.6 Å². The van der Waals surface area contributed by atoms with E-state index in [-0.39, 0.29) is 18.0 Å². The summed E-state index contributed by atoms with van der Waals surface area (Å²) < 4.78 is 1.11. The average molecular weight is 340 g/mol. The lowest BCUT2D eigenvalue weighted by Gasteiger charge is -2.31. The van der Waals surface area contributed by atoms with Crippen LogP contribution < -0.4 is 16.6 Å². The van der Waals surface area contributed by atoms with Gasteiger partial charge in [0.15, 0.2) is 0 Å². The van der Waals surface area contributed by atoms with Crippen molar-refractivity contribution < 1.29 is 4.79 Å². The monoisotopic (exact) mass is 340 g/mol. The first-order valence-corrected chi connectivity index (χ1v) is 8.50. The number of carbonyl (C=O) groups excluding carboxylic acids is 1. The first kappa shape index (κ1) is 17.0. The summed E-state index contributed by atoms with van der Waals surface area (Å²) in [5, 5.41) is 12.7. The molecule has 1 fully saturated rings. The van der Waals surface area contributed by atoms with Crippen molar-refractivity contribution in [2.45, 2.75) is 51.1 Å². The molecule has 0 saturated heterocycles. The molecule has 1 aromatic heterocycles. The molecule has 2 aromatic rings. The standard InChI is InChI=1S/C18H20N4O3/c1-2-22-16(24)13-7-6-12(10-14(13)20-17(22)25)15(23)21-18(11-19)8-4-3-5-9-18/h6-7,10H,2-5,8-9H2,1H3,(H,20,25)(H,21,23). The van der Waals surface area contributed by atoms with Crippen LogP contribution in [-0.2, 0) is 6.54 Å². The Labute approximate surface area is 144 Å². The van der Waals surface area contributed by atoms with Crippen LogP contribution in [0, 0.1) is 11.3 Å². The van der Waals surface area contributed by atoms with Crippen molar-refractivity contribution in [1.82, 2.24) is 14.9 Å². The maximum atomic E-state index is 12.6. The van der Waals surface area contributed by atoms with Crippen LogP contribution in [0.2, 0.25) is 0 Å². The molecule has 1 heterocycles. The summed E-state index contributed by atoms with van der Waals surface area (Å²) in [6.45, 7) is 1.99. The quantitative estimate of drug-likeness (QED) is 0.886. The maximum Gasteiger partial charge on any atom is 0.328 e. The van der Waals surface area contributed by atoms with Gasteiger partial charge in [-0.25, -0.2) is 4.79 Å². The van der Waals surface area contributed by atoms with Gasteiger partial charge < -0.3 is 10.3 Å². The minimum atomic E-state index is -0.830. The average Bonchev–Trinajstić information content (AvgIpc) is 2.62. The first-order chi connectivity index (χ1) is 12.0. The van der Waals surface area contributed by atoms with Gasteiger partial charge in [-0.3, -0.25) is 14.2 Å². The van der Waals surface area contributed by atoms with E-state index in [0.29, 0.717) is 29.3 Å². The van der Waals surface area contributed by atoms with Crippen LogP contribution in [0.5, 0.6) is 0 Å². The maximum absolute atomic E-state index is 12.6. The number of benzene rings is 1. The topological polar surface area (TPSA) is 108 Å². The second kappa shape index (κ2) is 6.55. The van der Waals surface area contributed by atoms with Gasteiger partial charge in [0.1, 0.15) is 5.54 Å². The highest BCUT2D eigenvalue weighted by atomic mass is 16.2. The van der Waals surface area contributed by atoms with Crippen LogP contribution in [0.15, 0.2) is 27.8 Å². The Bertz CT molecular complexity index is 974. The van der Waals surface area contributed by atoms with Crippen molar-refractivity contribution in [3.63, 3.8) is 0 Å². The van der Waals surface area contributed by atoms with E-state index in [1.165, 1.54) is 12.1 Å². The SMILES string of the molecule is CCn1c(=O)[nH]c2cc(C(=O)NC3(C#N)CCCCC3)ccc2c1=O. The Balaban J connectivity index is 1.96. The molecule has 0 unspecified atom stereocenters. The molecule has 7 heteroatoms. The fraction of sp³-hybridized carbons (Fsp3) is 0.444. The molecule has 25 heavy (non-hydrogen) atoms. The third kappa shape index (κ3) is 3.07. The van der Waals surface area contributed by atoms with Gasteiger partial charge in [0.05, 0.1) is 17.0 Å². The molecule has 3 rings (SSSR count). The van der Waals surface area contributed by atoms with E-state index in [1.54, 1.807) is 13.0 Å². The normalized spacial score (nSPS) is 16.3. The van der Waals surface area contributed by atoms with Crippen molar-refractivity contribution in [3.05, 3.63) is 44.6 Å². The Morgan fingerprint density at radius 2 is 2.04 bits per heavy atom. The molecule has 0 aliphatic heterocycles. The van der Waals surface area contributed by atoms with Crippen LogP contribution in [0.3, 0.4) is 0 Å². The van der Waals surface area contributed by atoms with Crippen LogP contribution in [0.4, 0.5) is 0 Å². The van der Waals surface area contributed by atoms with Gasteiger partial charge in [-0.1, -0.05) is 19.3 Å². The van der Waals surface area contributed by atoms with E-state index in [4.69, 9.17) is 0 Å². The van der Waals surface area contributed by atoms with E-state index >= 15 is 0 Å². The molecular formula is C18H20N4O3. The predicted molar refractivity (Wildman–Crippen MR) is 93.4 cm³/mol. The van der Waals surface area contributed by atoms with Gasteiger partial charge >= 0.3 is 5.69 Å². The number of aromatic amines is 1. The lowest BCUT2D eigenvalue weighted by atomic mass is 9.82. The van der Waals surface area contributed by atoms with Crippen molar-refractivity contribution in [1.29, 1.82) is 5.26 Å². The molecule has 0 spiro atoms. The molecule has 0 radical (unpaired) electrons. The number of nitrogens with zero attached hydrogens (tertiary/aromatic N) is 2. The highest BCUT2D eigenvalue weighted by Gasteiger charge is 2.33. The minimum Gasteiger partial charge on any atom is -0.334 e. The van der Waals surface area contributed by atoms with E-state index in [2.05, 4.69) is 16.4 Å². The van der Waals surface area contributed by atoms with Crippen LogP contribution >= 0.6 is 0 Å². The predicted octanol–water partition coefficient (Wildman–Crippen LogP) is 1.67. The number of nitriles is 1. The smallest absolute Gasteiger partial charge is 0.328 e. The number of amides is 1. The van der Waals surface area contributed by atoms with Crippen LogP contribution in [-0.4, -0.2) is 21.0 Å². The van der Waals surface area contributed by atoms with Gasteiger partial charge in [0.25, 0.3) is 11.5 Å². The van der Waals surface area contributed by atoms with E-state index in [0.717, 1.165) is 23.8 Å². The summed E-state index contributed by atoms with van der Waals surface area (Å²) in [7, 11) is 0. The Kier molecular flexibility index (Phi) is 4.45. The summed E-state index contributed by atoms with van der Waals surface area (Å²) in [4.78, 5) is 39.4. The molecule has 1 aliphatic rings. The Hall–Kier alpha value is -2.88. The minimum absolute atomic E-state index is 0.275. The van der Waals surface area contributed by atoms with Crippen molar-refractivity contribution in [2.75, 3.05) is 0 Å². The van der Waals surface area contributed by atoms with Gasteiger partial charge in [-0.05, 0) is 38.0 Å². The summed E-state index contributed by atoms with van der Waals surface area (Å²) >= 11 is 0. The first-order valence-electron chi connectivity index (χ1n) is 8.50. The number of fused-ring (bicyclic) bond motifs is 1. The third-order valence-electron chi connectivity index (χ3n) is 4.83. The number of aromatic nitrogens is 2. The van der Waals surface area contributed by atoms with E-state index < -0.39 is 11.2 Å². The summed E-state index contributed by atoms with van der Waals surface area (Å²) in [5.41, 5.74) is -1.07. The zero-order chi connectivity index (χ0) is 18.0. The highest BCUT2D eigenvalue weighted by molar-refractivity contribution is 5.98. The van der Waals surface area contributed by atoms with Gasteiger partial charge in [0.2, 0.25) is 0 Å². The van der Waals surface area contributed by atoms with Gasteiger partial charge in [-0.15, -0.1) is 0 Å².